The number of halogens is 1. The second-order valence-corrected chi connectivity index (χ2v) is 9.84. The monoisotopic (exact) mass is 450 g/mol. The smallest absolute Gasteiger partial charge is 0.266 e. The van der Waals surface area contributed by atoms with Gasteiger partial charge in [0.25, 0.3) is 5.91 Å². The summed E-state index contributed by atoms with van der Waals surface area (Å²) in [4.78, 5) is 15.7. The molecule has 0 unspecified atom stereocenters. The number of thiocarbonyl (C=S) groups is 1. The molecular formula is C25H23FN2OS2. The molecule has 1 aliphatic carbocycles. The zero-order valence-electron chi connectivity index (χ0n) is 17.1. The predicted molar refractivity (Wildman–Crippen MR) is 129 cm³/mol. The fraction of sp³-hybridized carbons (Fsp3) is 0.280. The van der Waals surface area contributed by atoms with Crippen molar-refractivity contribution in [1.82, 2.24) is 9.47 Å². The van der Waals surface area contributed by atoms with Crippen LogP contribution >= 0.6 is 24.0 Å². The molecule has 6 heteroatoms. The Morgan fingerprint density at radius 1 is 1.06 bits per heavy atom. The highest BCUT2D eigenvalue weighted by Crippen LogP contribution is 2.38. The molecule has 0 N–H and O–H groups in total. The first-order valence-electron chi connectivity index (χ1n) is 10.7. The van der Waals surface area contributed by atoms with Crippen molar-refractivity contribution >= 4 is 51.2 Å². The Morgan fingerprint density at radius 2 is 1.81 bits per heavy atom. The van der Waals surface area contributed by atoms with Crippen molar-refractivity contribution in [3.8, 4) is 0 Å². The van der Waals surface area contributed by atoms with Gasteiger partial charge in [-0.1, -0.05) is 79.6 Å². The number of aromatic nitrogens is 1. The lowest BCUT2D eigenvalue weighted by Crippen LogP contribution is -2.39. The zero-order valence-corrected chi connectivity index (χ0v) is 18.7. The van der Waals surface area contributed by atoms with Crippen LogP contribution < -0.4 is 0 Å². The summed E-state index contributed by atoms with van der Waals surface area (Å²) >= 11 is 6.97. The van der Waals surface area contributed by atoms with Gasteiger partial charge in [0.15, 0.2) is 0 Å². The SMILES string of the molecule is O=C1/C(=C\c2cn(Cc3ccccc3F)c3ccccc23)SC(=S)N1C1CCCCC1. The van der Waals surface area contributed by atoms with Crippen LogP contribution in [-0.2, 0) is 11.3 Å². The molecular weight excluding hydrogens is 427 g/mol. The molecule has 1 aromatic heterocycles. The average Bonchev–Trinajstić information content (AvgIpc) is 3.27. The molecule has 158 valence electrons. The number of carbonyl (C=O) groups excluding carboxylic acids is 1. The van der Waals surface area contributed by atoms with Gasteiger partial charge in [-0.3, -0.25) is 9.69 Å². The van der Waals surface area contributed by atoms with Crippen LogP contribution in [0.1, 0.15) is 43.2 Å². The first-order valence-corrected chi connectivity index (χ1v) is 11.9. The van der Waals surface area contributed by atoms with E-state index < -0.39 is 0 Å². The summed E-state index contributed by atoms with van der Waals surface area (Å²) in [5.74, 6) is -0.192. The van der Waals surface area contributed by atoms with E-state index in [1.807, 2.05) is 52.1 Å². The van der Waals surface area contributed by atoms with Crippen LogP contribution in [0.4, 0.5) is 4.39 Å². The maximum Gasteiger partial charge on any atom is 0.266 e. The van der Waals surface area contributed by atoms with Crippen molar-refractivity contribution < 1.29 is 9.18 Å². The van der Waals surface area contributed by atoms with Gasteiger partial charge < -0.3 is 4.57 Å². The van der Waals surface area contributed by atoms with Crippen LogP contribution in [-0.4, -0.2) is 25.7 Å². The topological polar surface area (TPSA) is 25.2 Å². The largest absolute Gasteiger partial charge is 0.342 e. The van der Waals surface area contributed by atoms with Gasteiger partial charge >= 0.3 is 0 Å². The molecule has 0 spiro atoms. The maximum absolute atomic E-state index is 14.2. The molecule has 0 bridgehead atoms. The van der Waals surface area contributed by atoms with Gasteiger partial charge in [-0.2, -0.15) is 0 Å². The highest BCUT2D eigenvalue weighted by Gasteiger charge is 2.37. The highest BCUT2D eigenvalue weighted by molar-refractivity contribution is 8.26. The first kappa shape index (κ1) is 20.5. The van der Waals surface area contributed by atoms with E-state index in [2.05, 4.69) is 0 Å². The van der Waals surface area contributed by atoms with Gasteiger partial charge in [0, 0.05) is 34.3 Å². The van der Waals surface area contributed by atoms with Crippen LogP contribution in [0.25, 0.3) is 17.0 Å². The van der Waals surface area contributed by atoms with Gasteiger partial charge in [0.1, 0.15) is 10.1 Å². The van der Waals surface area contributed by atoms with Gasteiger partial charge in [-0.25, -0.2) is 4.39 Å². The number of thioether (sulfide) groups is 1. The van der Waals surface area contributed by atoms with Crippen LogP contribution in [0, 0.1) is 5.82 Å². The molecule has 3 aromatic rings. The molecule has 2 heterocycles. The van der Waals surface area contributed by atoms with Crippen molar-refractivity contribution in [2.45, 2.75) is 44.7 Å². The van der Waals surface area contributed by atoms with E-state index >= 15 is 0 Å². The van der Waals surface area contributed by atoms with Gasteiger partial charge in [-0.05, 0) is 31.1 Å². The third-order valence-electron chi connectivity index (χ3n) is 6.17. The number of hydrogen-bond donors (Lipinski definition) is 0. The third-order valence-corrected chi connectivity index (χ3v) is 7.50. The van der Waals surface area contributed by atoms with Crippen molar-refractivity contribution in [3.05, 3.63) is 76.6 Å². The molecule has 1 saturated heterocycles. The zero-order chi connectivity index (χ0) is 21.4. The summed E-state index contributed by atoms with van der Waals surface area (Å²) < 4.78 is 16.9. The molecule has 2 fully saturated rings. The Morgan fingerprint density at radius 3 is 2.61 bits per heavy atom. The first-order chi connectivity index (χ1) is 15.1. The Kier molecular flexibility index (Phi) is 5.67. The van der Waals surface area contributed by atoms with Gasteiger partial charge in [-0.15, -0.1) is 0 Å². The van der Waals surface area contributed by atoms with Crippen LogP contribution in [0.3, 0.4) is 0 Å². The minimum Gasteiger partial charge on any atom is -0.342 e. The molecule has 5 rings (SSSR count). The molecule has 3 nitrogen and oxygen atoms in total. The molecule has 1 saturated carbocycles. The molecule has 2 aliphatic rings. The van der Waals surface area contributed by atoms with E-state index in [1.54, 1.807) is 12.1 Å². The molecule has 0 radical (unpaired) electrons. The lowest BCUT2D eigenvalue weighted by atomic mass is 9.94. The number of amides is 1. The number of nitrogens with zero attached hydrogens (tertiary/aromatic N) is 2. The van der Waals surface area contributed by atoms with Crippen LogP contribution in [0.2, 0.25) is 0 Å². The Bertz CT molecular complexity index is 1190. The Hall–Kier alpha value is -2.44. The number of carbonyl (C=O) groups is 1. The standard InChI is InChI=1S/C25H23FN2OS2/c26-21-12-6-4-8-17(21)15-27-16-18(20-11-5-7-13-22(20)27)14-23-24(29)28(25(30)31-23)19-9-2-1-3-10-19/h4-8,11-14,16,19H,1-3,9-10,15H2/b23-14+. The summed E-state index contributed by atoms with van der Waals surface area (Å²) in [6, 6.07) is 15.1. The fourth-order valence-electron chi connectivity index (χ4n) is 4.61. The van der Waals surface area contributed by atoms with Crippen molar-refractivity contribution in [2.24, 2.45) is 0 Å². The summed E-state index contributed by atoms with van der Waals surface area (Å²) in [6.07, 6.45) is 9.56. The van der Waals surface area contributed by atoms with E-state index in [4.69, 9.17) is 12.2 Å². The average molecular weight is 451 g/mol. The number of fused-ring (bicyclic) bond motifs is 1. The minimum absolute atomic E-state index is 0.0211. The maximum atomic E-state index is 14.2. The Balaban J connectivity index is 1.49. The van der Waals surface area contributed by atoms with Crippen molar-refractivity contribution in [1.29, 1.82) is 0 Å². The quantitative estimate of drug-likeness (QED) is 0.341. The van der Waals surface area contributed by atoms with Crippen LogP contribution in [0.5, 0.6) is 0 Å². The van der Waals surface area contributed by atoms with E-state index in [1.165, 1.54) is 24.2 Å². The van der Waals surface area contributed by atoms with E-state index in [0.29, 0.717) is 21.3 Å². The summed E-state index contributed by atoms with van der Waals surface area (Å²) in [5.41, 5.74) is 2.61. The lowest BCUT2D eigenvalue weighted by Gasteiger charge is -2.29. The van der Waals surface area contributed by atoms with Gasteiger partial charge in [0.05, 0.1) is 11.4 Å². The minimum atomic E-state index is -0.213. The number of hydrogen-bond acceptors (Lipinski definition) is 3. The molecule has 2 aromatic carbocycles. The van der Waals surface area contributed by atoms with Crippen molar-refractivity contribution in [3.63, 3.8) is 0 Å². The Labute approximate surface area is 190 Å². The molecule has 0 atom stereocenters. The van der Waals surface area contributed by atoms with Crippen molar-refractivity contribution in [2.75, 3.05) is 0 Å². The van der Waals surface area contributed by atoms with Gasteiger partial charge in [0.2, 0.25) is 0 Å². The van der Waals surface area contributed by atoms with Crippen LogP contribution in [0.15, 0.2) is 59.6 Å². The molecule has 1 amide bonds. The normalized spacial score (nSPS) is 19.1. The summed E-state index contributed by atoms with van der Waals surface area (Å²) in [6.45, 7) is 0.435. The van der Waals surface area contributed by atoms with E-state index in [-0.39, 0.29) is 17.8 Å². The fourth-order valence-corrected chi connectivity index (χ4v) is 6.00. The number of rotatable bonds is 4. The van der Waals surface area contributed by atoms with E-state index in [0.717, 1.165) is 42.1 Å². The second-order valence-electron chi connectivity index (χ2n) is 8.16. The second kappa shape index (κ2) is 8.60. The third kappa shape index (κ3) is 3.94. The lowest BCUT2D eigenvalue weighted by molar-refractivity contribution is -0.124. The summed E-state index contributed by atoms with van der Waals surface area (Å²) in [7, 11) is 0. The number of para-hydroxylation sites is 1. The van der Waals surface area contributed by atoms with E-state index in [9.17, 15) is 9.18 Å². The molecule has 31 heavy (non-hydrogen) atoms. The predicted octanol–water partition coefficient (Wildman–Crippen LogP) is 6.36. The summed E-state index contributed by atoms with van der Waals surface area (Å²) in [5, 5.41) is 1.04. The number of benzene rings is 2. The molecule has 1 aliphatic heterocycles. The highest BCUT2D eigenvalue weighted by atomic mass is 32.2.